The SMILES string of the molecule is CC(O)C(=O)O.COc1cc(NS(C)(=O)=O)ccc1Nc1c2ccccc2nc2ccccc12. The van der Waals surface area contributed by atoms with Gasteiger partial charge in [0.1, 0.15) is 11.9 Å². The highest BCUT2D eigenvalue weighted by Crippen LogP contribution is 2.37. The van der Waals surface area contributed by atoms with Gasteiger partial charge in [-0.2, -0.15) is 0 Å². The molecule has 4 rings (SSSR count). The number of aromatic nitrogens is 1. The van der Waals surface area contributed by atoms with Crippen LogP contribution in [0.4, 0.5) is 17.1 Å². The number of carboxylic acids is 1. The van der Waals surface area contributed by atoms with Crippen LogP contribution in [0.1, 0.15) is 6.92 Å². The molecule has 0 saturated heterocycles. The minimum atomic E-state index is -3.37. The Labute approximate surface area is 197 Å². The number of aliphatic hydroxyl groups excluding tert-OH is 1. The number of nitrogens with zero attached hydrogens (tertiary/aromatic N) is 1. The number of benzene rings is 3. The van der Waals surface area contributed by atoms with Crippen molar-refractivity contribution in [2.24, 2.45) is 0 Å². The first kappa shape index (κ1) is 24.7. The van der Waals surface area contributed by atoms with E-state index in [-0.39, 0.29) is 0 Å². The van der Waals surface area contributed by atoms with Crippen molar-refractivity contribution in [3.63, 3.8) is 0 Å². The summed E-state index contributed by atoms with van der Waals surface area (Å²) in [5, 5.41) is 21.2. The number of ether oxygens (including phenoxy) is 1. The average molecular weight is 484 g/mol. The summed E-state index contributed by atoms with van der Waals surface area (Å²) in [6.07, 6.45) is -0.119. The van der Waals surface area contributed by atoms with Crippen molar-refractivity contribution in [2.45, 2.75) is 13.0 Å². The monoisotopic (exact) mass is 483 g/mol. The highest BCUT2D eigenvalue weighted by Gasteiger charge is 2.13. The zero-order valence-electron chi connectivity index (χ0n) is 18.8. The summed E-state index contributed by atoms with van der Waals surface area (Å²) in [6.45, 7) is 1.20. The molecule has 178 valence electrons. The lowest BCUT2D eigenvalue weighted by Crippen LogP contribution is -2.13. The van der Waals surface area contributed by atoms with Crippen LogP contribution < -0.4 is 14.8 Å². The number of methoxy groups -OCH3 is 1. The predicted octanol–water partition coefficient (Wildman–Crippen LogP) is 3.96. The minimum Gasteiger partial charge on any atom is -0.494 e. The number of sulfonamides is 1. The average Bonchev–Trinajstić information content (AvgIpc) is 2.79. The summed E-state index contributed by atoms with van der Waals surface area (Å²) >= 11 is 0. The van der Waals surface area contributed by atoms with E-state index in [2.05, 4.69) is 10.0 Å². The van der Waals surface area contributed by atoms with Crippen LogP contribution in [0, 0.1) is 0 Å². The zero-order chi connectivity index (χ0) is 24.9. The van der Waals surface area contributed by atoms with Gasteiger partial charge in [-0.15, -0.1) is 0 Å². The van der Waals surface area contributed by atoms with Crippen LogP contribution in [0.5, 0.6) is 5.75 Å². The summed E-state index contributed by atoms with van der Waals surface area (Å²) in [4.78, 5) is 14.2. The van der Waals surface area contributed by atoms with Gasteiger partial charge in [-0.1, -0.05) is 36.4 Å². The molecule has 0 spiro atoms. The number of carbonyl (C=O) groups is 1. The Kier molecular flexibility index (Phi) is 7.54. The molecule has 9 nitrogen and oxygen atoms in total. The van der Waals surface area contributed by atoms with E-state index in [9.17, 15) is 13.2 Å². The van der Waals surface area contributed by atoms with Crippen LogP contribution >= 0.6 is 0 Å². The molecular weight excluding hydrogens is 458 g/mol. The second-order valence-electron chi connectivity index (χ2n) is 7.45. The van der Waals surface area contributed by atoms with Gasteiger partial charge in [-0.05, 0) is 31.2 Å². The number of nitrogens with one attached hydrogen (secondary N) is 2. The van der Waals surface area contributed by atoms with E-state index in [1.54, 1.807) is 25.3 Å². The van der Waals surface area contributed by atoms with E-state index < -0.39 is 22.1 Å². The van der Waals surface area contributed by atoms with Crippen LogP contribution in [0.25, 0.3) is 21.8 Å². The number of aliphatic carboxylic acids is 1. The molecule has 0 fully saturated rings. The molecule has 10 heteroatoms. The molecular formula is C24H25N3O6S. The molecule has 4 N–H and O–H groups in total. The molecule has 0 saturated carbocycles. The lowest BCUT2D eigenvalue weighted by Gasteiger charge is -2.16. The van der Waals surface area contributed by atoms with Crippen molar-refractivity contribution >= 4 is 54.9 Å². The van der Waals surface area contributed by atoms with Gasteiger partial charge in [-0.25, -0.2) is 18.2 Å². The number of hydrogen-bond acceptors (Lipinski definition) is 7. The second-order valence-corrected chi connectivity index (χ2v) is 9.20. The largest absolute Gasteiger partial charge is 0.494 e. The van der Waals surface area contributed by atoms with E-state index in [1.807, 2.05) is 48.5 Å². The molecule has 34 heavy (non-hydrogen) atoms. The number of pyridine rings is 1. The number of carboxylic acid groups (broad SMARTS) is 1. The van der Waals surface area contributed by atoms with Gasteiger partial charge < -0.3 is 20.3 Å². The van der Waals surface area contributed by atoms with Crippen molar-refractivity contribution < 1.29 is 28.2 Å². The molecule has 1 heterocycles. The van der Waals surface area contributed by atoms with E-state index in [0.717, 1.165) is 39.4 Å². The standard InChI is InChI=1S/C21H19N3O3S.C3H6O3/c1-27-20-13-14(24-28(2,25)26)11-12-19(20)23-21-15-7-3-5-9-17(15)22-18-10-6-4-8-16(18)21;1-2(4)3(5)6/h3-13,24H,1-2H3,(H,22,23);2,4H,1H3,(H,5,6). The normalized spacial score (nSPS) is 11.9. The van der Waals surface area contributed by atoms with Crippen molar-refractivity contribution in [3.05, 3.63) is 66.7 Å². The van der Waals surface area contributed by atoms with Gasteiger partial charge >= 0.3 is 5.97 Å². The first-order valence-electron chi connectivity index (χ1n) is 10.2. The number of anilines is 3. The number of fused-ring (bicyclic) bond motifs is 2. The smallest absolute Gasteiger partial charge is 0.332 e. The van der Waals surface area contributed by atoms with Gasteiger partial charge in [0.15, 0.2) is 0 Å². The molecule has 3 aromatic carbocycles. The summed E-state index contributed by atoms with van der Waals surface area (Å²) in [5.41, 5.74) is 3.86. The second kappa shape index (κ2) is 10.4. The number of hydrogen-bond donors (Lipinski definition) is 4. The topological polar surface area (TPSA) is 138 Å². The van der Waals surface area contributed by atoms with Gasteiger partial charge in [-0.3, -0.25) is 4.72 Å². The van der Waals surface area contributed by atoms with Crippen LogP contribution in [-0.4, -0.2) is 49.1 Å². The predicted molar refractivity (Wildman–Crippen MR) is 133 cm³/mol. The molecule has 0 radical (unpaired) electrons. The van der Waals surface area contributed by atoms with E-state index >= 15 is 0 Å². The third-order valence-electron chi connectivity index (χ3n) is 4.71. The quantitative estimate of drug-likeness (QED) is 0.302. The Morgan fingerprint density at radius 1 is 1.00 bits per heavy atom. The summed E-state index contributed by atoms with van der Waals surface area (Å²) < 4.78 is 30.9. The van der Waals surface area contributed by atoms with Crippen LogP contribution in [-0.2, 0) is 14.8 Å². The third kappa shape index (κ3) is 6.12. The minimum absolute atomic E-state index is 0.439. The Morgan fingerprint density at radius 2 is 1.53 bits per heavy atom. The van der Waals surface area contributed by atoms with Crippen LogP contribution in [0.3, 0.4) is 0 Å². The molecule has 1 aromatic heterocycles. The molecule has 0 aliphatic carbocycles. The highest BCUT2D eigenvalue weighted by molar-refractivity contribution is 7.92. The molecule has 1 unspecified atom stereocenters. The summed E-state index contributed by atoms with van der Waals surface area (Å²) in [7, 11) is -1.82. The Bertz CT molecular complexity index is 1380. The van der Waals surface area contributed by atoms with Crippen LogP contribution in [0.2, 0.25) is 0 Å². The van der Waals surface area contributed by atoms with E-state index in [4.69, 9.17) is 19.9 Å². The van der Waals surface area contributed by atoms with Crippen molar-refractivity contribution in [1.82, 2.24) is 4.98 Å². The lowest BCUT2D eigenvalue weighted by molar-refractivity contribution is -0.145. The van der Waals surface area contributed by atoms with Crippen molar-refractivity contribution in [2.75, 3.05) is 23.4 Å². The number of aliphatic hydroxyl groups is 1. The molecule has 0 bridgehead atoms. The lowest BCUT2D eigenvalue weighted by atomic mass is 10.1. The fourth-order valence-electron chi connectivity index (χ4n) is 3.18. The maximum absolute atomic E-state index is 11.5. The fraction of sp³-hybridized carbons (Fsp3) is 0.167. The molecule has 0 aliphatic heterocycles. The van der Waals surface area contributed by atoms with Crippen LogP contribution in [0.15, 0.2) is 66.7 Å². The fourth-order valence-corrected chi connectivity index (χ4v) is 3.74. The van der Waals surface area contributed by atoms with Crippen molar-refractivity contribution in [3.8, 4) is 5.75 Å². The Balaban J connectivity index is 0.000000481. The maximum atomic E-state index is 11.5. The first-order chi connectivity index (χ1) is 16.1. The van der Waals surface area contributed by atoms with Gasteiger partial charge in [0.25, 0.3) is 0 Å². The van der Waals surface area contributed by atoms with Gasteiger partial charge in [0.2, 0.25) is 10.0 Å². The molecule has 1 atom stereocenters. The summed E-state index contributed by atoms with van der Waals surface area (Å²) in [6, 6.07) is 21.0. The Hall–Kier alpha value is -3.89. The molecule has 4 aromatic rings. The number of para-hydroxylation sites is 2. The summed E-state index contributed by atoms with van der Waals surface area (Å²) in [5.74, 6) is -0.659. The number of rotatable bonds is 6. The first-order valence-corrected chi connectivity index (χ1v) is 12.1. The van der Waals surface area contributed by atoms with E-state index in [1.165, 1.54) is 6.92 Å². The van der Waals surface area contributed by atoms with Gasteiger partial charge in [0, 0.05) is 16.8 Å². The third-order valence-corrected chi connectivity index (χ3v) is 5.32. The zero-order valence-corrected chi connectivity index (χ0v) is 19.6. The molecule has 0 amide bonds. The van der Waals surface area contributed by atoms with Crippen molar-refractivity contribution in [1.29, 1.82) is 0 Å². The van der Waals surface area contributed by atoms with E-state index in [0.29, 0.717) is 11.4 Å². The highest BCUT2D eigenvalue weighted by atomic mass is 32.2. The Morgan fingerprint density at radius 3 is 2.00 bits per heavy atom. The maximum Gasteiger partial charge on any atom is 0.332 e. The molecule has 0 aliphatic rings. The van der Waals surface area contributed by atoms with Gasteiger partial charge in [0.05, 0.1) is 41.5 Å².